The monoisotopic (exact) mass is 242 g/mol. The summed E-state index contributed by atoms with van der Waals surface area (Å²) in [5.74, 6) is 0. The second kappa shape index (κ2) is 4.14. The van der Waals surface area contributed by atoms with Gasteiger partial charge in [0.15, 0.2) is 0 Å². The Morgan fingerprint density at radius 2 is 2.29 bits per heavy atom. The SMILES string of the molecule is CSc1cccc2c(S)c(CO)sc12. The largest absolute Gasteiger partial charge is 0.391 e. The van der Waals surface area contributed by atoms with Gasteiger partial charge in [0.05, 0.1) is 6.61 Å². The highest BCUT2D eigenvalue weighted by molar-refractivity contribution is 7.99. The Labute approximate surface area is 96.6 Å². The third-order valence-electron chi connectivity index (χ3n) is 2.09. The average molecular weight is 242 g/mol. The summed E-state index contributed by atoms with van der Waals surface area (Å²) >= 11 is 7.78. The van der Waals surface area contributed by atoms with Crippen LogP contribution in [0.15, 0.2) is 28.0 Å². The number of thiol groups is 1. The lowest BCUT2D eigenvalue weighted by atomic mass is 10.2. The first-order valence-corrected chi connectivity index (χ1v) is 6.65. The minimum absolute atomic E-state index is 0.0754. The molecular weight excluding hydrogens is 232 g/mol. The third kappa shape index (κ3) is 1.56. The molecule has 0 atom stereocenters. The maximum absolute atomic E-state index is 9.14. The normalized spacial score (nSPS) is 11.1. The molecule has 0 saturated carbocycles. The van der Waals surface area contributed by atoms with Gasteiger partial charge in [-0.05, 0) is 12.3 Å². The summed E-state index contributed by atoms with van der Waals surface area (Å²) in [4.78, 5) is 3.12. The highest BCUT2D eigenvalue weighted by Crippen LogP contribution is 2.38. The molecule has 0 radical (unpaired) electrons. The molecule has 0 unspecified atom stereocenters. The molecule has 2 aromatic rings. The summed E-state index contributed by atoms with van der Waals surface area (Å²) in [5.41, 5.74) is 0. The topological polar surface area (TPSA) is 20.2 Å². The molecule has 4 heteroatoms. The Morgan fingerprint density at radius 1 is 1.50 bits per heavy atom. The molecule has 0 aliphatic rings. The van der Waals surface area contributed by atoms with Crippen LogP contribution >= 0.6 is 35.7 Å². The smallest absolute Gasteiger partial charge is 0.0786 e. The molecule has 2 rings (SSSR count). The molecule has 1 aromatic heterocycles. The van der Waals surface area contributed by atoms with Crippen molar-refractivity contribution in [1.29, 1.82) is 0 Å². The second-order valence-corrected chi connectivity index (χ2v) is 5.27. The standard InChI is InChI=1S/C10H10OS3/c1-13-7-4-2-3-6-9(12)8(5-11)14-10(6)7/h2-4,11-12H,5H2,1H3. The van der Waals surface area contributed by atoms with Crippen molar-refractivity contribution in [2.45, 2.75) is 16.4 Å². The summed E-state index contributed by atoms with van der Waals surface area (Å²) in [5, 5.41) is 10.3. The number of hydrogen-bond acceptors (Lipinski definition) is 4. The van der Waals surface area contributed by atoms with E-state index in [1.165, 1.54) is 9.60 Å². The zero-order valence-electron chi connectivity index (χ0n) is 7.65. The zero-order valence-corrected chi connectivity index (χ0v) is 10.2. The Hall–Kier alpha value is -0.160. The molecule has 1 aromatic carbocycles. The van der Waals surface area contributed by atoms with E-state index in [9.17, 15) is 0 Å². The average Bonchev–Trinajstić information content (AvgIpc) is 2.55. The van der Waals surface area contributed by atoms with Crippen molar-refractivity contribution in [2.24, 2.45) is 0 Å². The number of aliphatic hydroxyl groups excluding tert-OH is 1. The van der Waals surface area contributed by atoms with E-state index in [1.54, 1.807) is 23.1 Å². The van der Waals surface area contributed by atoms with Gasteiger partial charge >= 0.3 is 0 Å². The third-order valence-corrected chi connectivity index (χ3v) is 4.88. The van der Waals surface area contributed by atoms with Crippen LogP contribution in [0.1, 0.15) is 4.88 Å². The van der Waals surface area contributed by atoms with E-state index < -0.39 is 0 Å². The van der Waals surface area contributed by atoms with Gasteiger partial charge in [0.1, 0.15) is 0 Å². The molecular formula is C10H10OS3. The number of benzene rings is 1. The minimum atomic E-state index is 0.0754. The highest BCUT2D eigenvalue weighted by Gasteiger charge is 2.10. The van der Waals surface area contributed by atoms with Gasteiger partial charge in [-0.2, -0.15) is 0 Å². The van der Waals surface area contributed by atoms with Gasteiger partial charge in [0, 0.05) is 24.8 Å². The Kier molecular flexibility index (Phi) is 3.07. The van der Waals surface area contributed by atoms with Crippen molar-refractivity contribution in [2.75, 3.05) is 6.26 Å². The molecule has 0 saturated heterocycles. The lowest BCUT2D eigenvalue weighted by Crippen LogP contribution is -1.75. The van der Waals surface area contributed by atoms with Crippen LogP contribution in [0.2, 0.25) is 0 Å². The van der Waals surface area contributed by atoms with E-state index in [4.69, 9.17) is 5.11 Å². The van der Waals surface area contributed by atoms with Crippen LogP contribution < -0.4 is 0 Å². The summed E-state index contributed by atoms with van der Waals surface area (Å²) in [6.45, 7) is 0.0754. The quantitative estimate of drug-likeness (QED) is 0.622. The summed E-state index contributed by atoms with van der Waals surface area (Å²) < 4.78 is 1.23. The number of thioether (sulfide) groups is 1. The Balaban J connectivity index is 2.77. The predicted octanol–water partition coefficient (Wildman–Crippen LogP) is 3.40. The maximum atomic E-state index is 9.14. The van der Waals surface area contributed by atoms with Gasteiger partial charge in [0.2, 0.25) is 0 Å². The number of aliphatic hydroxyl groups is 1. The van der Waals surface area contributed by atoms with E-state index in [1.807, 2.05) is 12.1 Å². The zero-order chi connectivity index (χ0) is 10.1. The molecule has 1 N–H and O–H groups in total. The number of thiophene rings is 1. The number of hydrogen-bond donors (Lipinski definition) is 2. The van der Waals surface area contributed by atoms with Crippen LogP contribution in [0.5, 0.6) is 0 Å². The Bertz CT molecular complexity index is 462. The van der Waals surface area contributed by atoms with Gasteiger partial charge in [-0.1, -0.05) is 12.1 Å². The second-order valence-electron chi connectivity index (χ2n) is 2.87. The first-order valence-electron chi connectivity index (χ1n) is 4.16. The van der Waals surface area contributed by atoms with E-state index in [0.717, 1.165) is 15.2 Å². The Morgan fingerprint density at radius 3 is 2.93 bits per heavy atom. The molecule has 0 bridgehead atoms. The van der Waals surface area contributed by atoms with E-state index in [-0.39, 0.29) is 6.61 Å². The maximum Gasteiger partial charge on any atom is 0.0786 e. The fourth-order valence-electron chi connectivity index (χ4n) is 1.40. The van der Waals surface area contributed by atoms with E-state index >= 15 is 0 Å². The van der Waals surface area contributed by atoms with Crippen molar-refractivity contribution >= 4 is 45.8 Å². The van der Waals surface area contributed by atoms with Gasteiger partial charge in [-0.3, -0.25) is 0 Å². The molecule has 0 spiro atoms. The van der Waals surface area contributed by atoms with Crippen LogP contribution in [0, 0.1) is 0 Å². The van der Waals surface area contributed by atoms with Crippen molar-refractivity contribution < 1.29 is 5.11 Å². The van der Waals surface area contributed by atoms with Crippen LogP contribution in [-0.2, 0) is 6.61 Å². The van der Waals surface area contributed by atoms with Crippen LogP contribution in [0.25, 0.3) is 10.1 Å². The van der Waals surface area contributed by atoms with Crippen molar-refractivity contribution in [3.8, 4) is 0 Å². The minimum Gasteiger partial charge on any atom is -0.391 e. The number of rotatable bonds is 2. The molecule has 1 nitrogen and oxygen atoms in total. The summed E-state index contributed by atoms with van der Waals surface area (Å²) in [6.07, 6.45) is 2.06. The van der Waals surface area contributed by atoms with Crippen molar-refractivity contribution in [3.05, 3.63) is 23.1 Å². The van der Waals surface area contributed by atoms with Crippen LogP contribution in [-0.4, -0.2) is 11.4 Å². The molecule has 0 amide bonds. The highest BCUT2D eigenvalue weighted by atomic mass is 32.2. The lowest BCUT2D eigenvalue weighted by molar-refractivity contribution is 0.283. The fraction of sp³-hybridized carbons (Fsp3) is 0.200. The van der Waals surface area contributed by atoms with Gasteiger partial charge < -0.3 is 5.11 Å². The van der Waals surface area contributed by atoms with Crippen LogP contribution in [0.3, 0.4) is 0 Å². The molecule has 0 fully saturated rings. The molecule has 14 heavy (non-hydrogen) atoms. The summed E-state index contributed by atoms with van der Waals surface area (Å²) in [6, 6.07) is 6.17. The first kappa shape index (κ1) is 10.4. The van der Waals surface area contributed by atoms with Gasteiger partial charge in [0.25, 0.3) is 0 Å². The fourth-order valence-corrected chi connectivity index (χ4v) is 3.72. The molecule has 0 aliphatic carbocycles. The summed E-state index contributed by atoms with van der Waals surface area (Å²) in [7, 11) is 0. The molecule has 1 heterocycles. The number of fused-ring (bicyclic) bond motifs is 1. The van der Waals surface area contributed by atoms with Crippen LogP contribution in [0.4, 0.5) is 0 Å². The predicted molar refractivity (Wildman–Crippen MR) is 66.8 cm³/mol. The molecule has 0 aliphatic heterocycles. The first-order chi connectivity index (χ1) is 6.77. The van der Waals surface area contributed by atoms with Crippen molar-refractivity contribution in [1.82, 2.24) is 0 Å². The van der Waals surface area contributed by atoms with Gasteiger partial charge in [-0.15, -0.1) is 35.7 Å². The van der Waals surface area contributed by atoms with Crippen molar-refractivity contribution in [3.63, 3.8) is 0 Å². The van der Waals surface area contributed by atoms with E-state index in [0.29, 0.717) is 0 Å². The molecule has 74 valence electrons. The van der Waals surface area contributed by atoms with E-state index in [2.05, 4.69) is 25.0 Å². The van der Waals surface area contributed by atoms with Gasteiger partial charge in [-0.25, -0.2) is 0 Å². The lowest BCUT2D eigenvalue weighted by Gasteiger charge is -1.97.